The molecule has 0 saturated heterocycles. The lowest BCUT2D eigenvalue weighted by Crippen LogP contribution is -2.35. The minimum absolute atomic E-state index is 0.280. The molecule has 0 saturated carbocycles. The zero-order valence-corrected chi connectivity index (χ0v) is 39.4. The summed E-state index contributed by atoms with van der Waals surface area (Å²) in [4.78, 5) is 0. The van der Waals surface area contributed by atoms with Gasteiger partial charge in [-0.05, 0) is 112 Å². The van der Waals surface area contributed by atoms with Crippen molar-refractivity contribution in [3.05, 3.63) is 181 Å². The maximum absolute atomic E-state index is 6.43. The van der Waals surface area contributed by atoms with E-state index in [0.717, 1.165) is 35.6 Å². The van der Waals surface area contributed by atoms with Crippen LogP contribution in [0.2, 0.25) is 0 Å². The molecule has 10 heteroatoms. The quantitative estimate of drug-likeness (QED) is 0.0498. The van der Waals surface area contributed by atoms with Gasteiger partial charge >= 0.3 is 0 Å². The van der Waals surface area contributed by atoms with Crippen molar-refractivity contribution in [2.75, 3.05) is 49.5 Å². The molecule has 0 spiro atoms. The van der Waals surface area contributed by atoms with Crippen molar-refractivity contribution in [3.8, 4) is 11.5 Å². The van der Waals surface area contributed by atoms with Gasteiger partial charge in [0.2, 0.25) is 0 Å². The van der Waals surface area contributed by atoms with E-state index in [9.17, 15) is 0 Å². The molecular formula is C58H60N6O4. The zero-order chi connectivity index (χ0) is 46.7. The number of hydrogen-bond donors (Lipinski definition) is 0. The van der Waals surface area contributed by atoms with Gasteiger partial charge in [-0.1, -0.05) is 91.0 Å². The summed E-state index contributed by atoms with van der Waals surface area (Å²) in [5, 5.41) is 19.0. The van der Waals surface area contributed by atoms with Crippen LogP contribution in [0.4, 0.5) is 11.4 Å². The summed E-state index contributed by atoms with van der Waals surface area (Å²) in [6, 6.07) is 58.4. The molecule has 346 valence electrons. The van der Waals surface area contributed by atoms with Gasteiger partial charge in [-0.3, -0.25) is 10.0 Å². The van der Waals surface area contributed by atoms with Crippen molar-refractivity contribution in [2.45, 2.75) is 53.0 Å². The largest absolute Gasteiger partial charge is 0.491 e. The Morgan fingerprint density at radius 2 is 0.853 bits per heavy atom. The summed E-state index contributed by atoms with van der Waals surface area (Å²) < 4.78 is 30.1. The van der Waals surface area contributed by atoms with E-state index in [1.54, 1.807) is 0 Å². The molecule has 9 aromatic rings. The van der Waals surface area contributed by atoms with E-state index in [2.05, 4.69) is 132 Å². The van der Waals surface area contributed by atoms with Gasteiger partial charge in [0.05, 0.1) is 36.9 Å². The Bertz CT molecular complexity index is 2920. The highest BCUT2D eigenvalue weighted by Gasteiger charge is 2.19. The van der Waals surface area contributed by atoms with Gasteiger partial charge in [0.1, 0.15) is 36.9 Å². The molecule has 0 bridgehead atoms. The molecule has 9 rings (SSSR count). The molecule has 0 aliphatic rings. The van der Waals surface area contributed by atoms with E-state index >= 15 is 0 Å². The van der Waals surface area contributed by atoms with Crippen molar-refractivity contribution in [2.24, 2.45) is 10.2 Å². The lowest BCUT2D eigenvalue weighted by atomic mass is 10.1. The molecule has 2 heterocycles. The first-order valence-electron chi connectivity index (χ1n) is 23.9. The number of aromatic nitrogens is 2. The van der Waals surface area contributed by atoms with E-state index in [-0.39, 0.29) is 12.2 Å². The Morgan fingerprint density at radius 1 is 0.441 bits per heavy atom. The SMILES string of the molecule is CCOC(COc1cccc(OCC(CN(/N=C/c2ccc3c(c2)c2ccccc2n3CC)c2ccccc2)OCC)c1)CN(/N=C/c1ccc2c(c1)c1ccccc1n2CC)c1ccccc1. The summed E-state index contributed by atoms with van der Waals surface area (Å²) in [5.74, 6) is 1.37. The third kappa shape index (κ3) is 10.4. The van der Waals surface area contributed by atoms with Crippen LogP contribution in [-0.4, -0.2) is 73.3 Å². The molecule has 0 aliphatic heterocycles. The maximum Gasteiger partial charge on any atom is 0.123 e. The van der Waals surface area contributed by atoms with E-state index in [1.165, 1.54) is 43.6 Å². The number of nitrogens with zero attached hydrogens (tertiary/aromatic N) is 6. The Morgan fingerprint density at radius 3 is 1.28 bits per heavy atom. The highest BCUT2D eigenvalue weighted by molar-refractivity contribution is 6.10. The average molecular weight is 905 g/mol. The highest BCUT2D eigenvalue weighted by Crippen LogP contribution is 2.31. The van der Waals surface area contributed by atoms with Crippen molar-refractivity contribution in [3.63, 3.8) is 0 Å². The van der Waals surface area contributed by atoms with Crippen LogP contribution >= 0.6 is 0 Å². The molecule has 68 heavy (non-hydrogen) atoms. The van der Waals surface area contributed by atoms with Crippen LogP contribution in [-0.2, 0) is 22.6 Å². The molecule has 7 aromatic carbocycles. The number of ether oxygens (including phenoxy) is 4. The number of aryl methyl sites for hydroxylation is 2. The van der Waals surface area contributed by atoms with Gasteiger partial charge in [0.25, 0.3) is 0 Å². The van der Waals surface area contributed by atoms with Crippen LogP contribution in [0.5, 0.6) is 11.5 Å². The molecule has 0 aliphatic carbocycles. The molecule has 10 nitrogen and oxygen atoms in total. The maximum atomic E-state index is 6.43. The second-order valence-electron chi connectivity index (χ2n) is 16.7. The first-order chi connectivity index (χ1) is 33.5. The predicted octanol–water partition coefficient (Wildman–Crippen LogP) is 12.6. The molecule has 2 unspecified atom stereocenters. The number of rotatable bonds is 22. The summed E-state index contributed by atoms with van der Waals surface area (Å²) in [6.45, 7) is 12.9. The van der Waals surface area contributed by atoms with Crippen molar-refractivity contribution in [1.29, 1.82) is 0 Å². The fourth-order valence-electron chi connectivity index (χ4n) is 9.09. The van der Waals surface area contributed by atoms with Gasteiger partial charge in [0, 0.05) is 76.0 Å². The first kappa shape index (κ1) is 45.7. The standard InChI is InChI=1S/C58H60N6O4/c1-5-61-55-28-17-15-26-51(55)53-34-43(30-32-57(53)61)37-59-63(45-20-11-9-12-21-45)39-49(65-7-3)41-67-47-24-19-25-48(36-47)68-42-50(66-8-4)40-64(46-22-13-10-14-23-46)60-38-44-31-33-58-54(35-44)52-27-16-18-29-56(52)62(58)6-2/h9-38,49-50H,5-8,39-42H2,1-4H3/b59-37+,60-38+. The highest BCUT2D eigenvalue weighted by atomic mass is 16.5. The molecule has 0 fully saturated rings. The van der Waals surface area contributed by atoms with Crippen molar-refractivity contribution >= 4 is 67.4 Å². The van der Waals surface area contributed by atoms with E-state index < -0.39 is 0 Å². The van der Waals surface area contributed by atoms with E-state index in [0.29, 0.717) is 51.0 Å². The van der Waals surface area contributed by atoms with Gasteiger partial charge in [-0.25, -0.2) is 0 Å². The van der Waals surface area contributed by atoms with Crippen LogP contribution in [0.25, 0.3) is 43.6 Å². The molecule has 0 amide bonds. The minimum Gasteiger partial charge on any atom is -0.491 e. The summed E-state index contributed by atoms with van der Waals surface area (Å²) in [6.07, 6.45) is 3.31. The van der Waals surface area contributed by atoms with Gasteiger partial charge in [0.15, 0.2) is 0 Å². The van der Waals surface area contributed by atoms with Crippen molar-refractivity contribution in [1.82, 2.24) is 9.13 Å². The van der Waals surface area contributed by atoms with E-state index in [1.807, 2.05) is 97.0 Å². The topological polar surface area (TPSA) is 78.0 Å². The molecule has 2 atom stereocenters. The summed E-state index contributed by atoms with van der Waals surface area (Å²) in [7, 11) is 0. The number of hydrazone groups is 2. The number of benzene rings is 7. The third-order valence-corrected chi connectivity index (χ3v) is 12.3. The van der Waals surface area contributed by atoms with E-state index in [4.69, 9.17) is 29.2 Å². The zero-order valence-electron chi connectivity index (χ0n) is 39.4. The fraction of sp³-hybridized carbons (Fsp3) is 0.241. The smallest absolute Gasteiger partial charge is 0.123 e. The second kappa shape index (κ2) is 21.9. The fourth-order valence-corrected chi connectivity index (χ4v) is 9.09. The minimum atomic E-state index is -0.280. The third-order valence-electron chi connectivity index (χ3n) is 12.3. The lowest BCUT2D eigenvalue weighted by Gasteiger charge is -2.26. The van der Waals surface area contributed by atoms with Crippen molar-refractivity contribution < 1.29 is 18.9 Å². The monoisotopic (exact) mass is 904 g/mol. The first-order valence-corrected chi connectivity index (χ1v) is 23.9. The number of para-hydroxylation sites is 4. The van der Waals surface area contributed by atoms with Crippen LogP contribution in [0.15, 0.2) is 180 Å². The van der Waals surface area contributed by atoms with Gasteiger partial charge in [-0.15, -0.1) is 0 Å². The molecule has 2 aromatic heterocycles. The normalized spacial score (nSPS) is 12.8. The van der Waals surface area contributed by atoms with Gasteiger partial charge in [-0.2, -0.15) is 10.2 Å². The Hall–Kier alpha value is -7.40. The molecule has 0 radical (unpaired) electrons. The van der Waals surface area contributed by atoms with Gasteiger partial charge < -0.3 is 28.1 Å². The van der Waals surface area contributed by atoms with Crippen LogP contribution < -0.4 is 19.5 Å². The number of hydrogen-bond acceptors (Lipinski definition) is 8. The number of fused-ring (bicyclic) bond motifs is 6. The molecule has 0 N–H and O–H groups in total. The lowest BCUT2D eigenvalue weighted by molar-refractivity contribution is 0.0306. The van der Waals surface area contributed by atoms with Crippen LogP contribution in [0.1, 0.15) is 38.8 Å². The summed E-state index contributed by atoms with van der Waals surface area (Å²) in [5.41, 5.74) is 8.90. The van der Waals surface area contributed by atoms with Crippen LogP contribution in [0, 0.1) is 0 Å². The average Bonchev–Trinajstić information content (AvgIpc) is 3.89. The molecular weight excluding hydrogens is 845 g/mol. The Kier molecular flexibility index (Phi) is 14.8. The second-order valence-corrected chi connectivity index (χ2v) is 16.7. The van der Waals surface area contributed by atoms with Crippen LogP contribution in [0.3, 0.4) is 0 Å². The Labute approximate surface area is 399 Å². The predicted molar refractivity (Wildman–Crippen MR) is 281 cm³/mol. The number of anilines is 2. The summed E-state index contributed by atoms with van der Waals surface area (Å²) >= 11 is 0. The Balaban J connectivity index is 0.868.